The quantitative estimate of drug-likeness (QED) is 0.647. The molecule has 0 aromatic heterocycles. The molecule has 0 saturated carbocycles. The molecule has 0 bridgehead atoms. The second kappa shape index (κ2) is 4.66. The third-order valence-electron chi connectivity index (χ3n) is 1.28. The molecule has 0 fully saturated rings. The largest absolute Gasteiger partial charge is 0.403 e. The van der Waals surface area contributed by atoms with Gasteiger partial charge in [0.05, 0.1) is 0 Å². The van der Waals surface area contributed by atoms with Gasteiger partial charge in [-0.1, -0.05) is 0 Å². The summed E-state index contributed by atoms with van der Waals surface area (Å²) in [5.74, 6) is -0.237. The predicted molar refractivity (Wildman–Crippen MR) is 38.4 cm³/mol. The summed E-state index contributed by atoms with van der Waals surface area (Å²) >= 11 is 0. The first-order valence-electron chi connectivity index (χ1n) is 3.28. The molecule has 0 saturated heterocycles. The summed E-state index contributed by atoms with van der Waals surface area (Å²) in [6, 6.07) is -1.91. The van der Waals surface area contributed by atoms with Crippen molar-refractivity contribution in [2.24, 2.45) is 5.73 Å². The molecule has 0 aliphatic heterocycles. The molecule has 0 rings (SSSR count). The summed E-state index contributed by atoms with van der Waals surface area (Å²) in [6.07, 6.45) is -4.80. The lowest BCUT2D eigenvalue weighted by Gasteiger charge is -2.13. The first-order valence-corrected chi connectivity index (χ1v) is 4.64. The molecule has 0 heterocycles. The van der Waals surface area contributed by atoms with Crippen molar-refractivity contribution in [3.8, 4) is 0 Å². The third kappa shape index (κ3) is 5.36. The van der Waals surface area contributed by atoms with Crippen LogP contribution in [0, 0.1) is 0 Å². The molecule has 0 amide bonds. The molecule has 0 radical (unpaired) electrons. The van der Waals surface area contributed by atoms with E-state index in [4.69, 9.17) is 5.73 Å². The van der Waals surface area contributed by atoms with Gasteiger partial charge in [0, 0.05) is 5.75 Å². The van der Waals surface area contributed by atoms with Crippen LogP contribution in [0.1, 0.15) is 12.8 Å². The Morgan fingerprint density at radius 2 is 1.83 bits per heavy atom. The summed E-state index contributed by atoms with van der Waals surface area (Å²) in [4.78, 5) is 0. The highest BCUT2D eigenvalue weighted by Gasteiger charge is 2.35. The zero-order valence-corrected chi connectivity index (χ0v) is 7.07. The molecule has 12 heavy (non-hydrogen) atoms. The van der Waals surface area contributed by atoms with Crippen molar-refractivity contribution in [2.75, 3.05) is 5.75 Å². The molecule has 74 valence electrons. The molecule has 0 aromatic carbocycles. The first-order chi connectivity index (χ1) is 5.34. The number of hydrogen-bond acceptors (Lipinski definition) is 3. The van der Waals surface area contributed by atoms with Gasteiger partial charge in [-0.05, 0) is 12.8 Å². The SMILES string of the molecule is NC(CCC[SH](=O)=O)C(F)(F)F. The van der Waals surface area contributed by atoms with Crippen molar-refractivity contribution in [2.45, 2.75) is 25.1 Å². The summed E-state index contributed by atoms with van der Waals surface area (Å²) in [5.41, 5.74) is 4.72. The maximum absolute atomic E-state index is 11.7. The minimum absolute atomic E-state index is 0.0423. The summed E-state index contributed by atoms with van der Waals surface area (Å²) in [6.45, 7) is 0. The van der Waals surface area contributed by atoms with Gasteiger partial charge < -0.3 is 5.73 Å². The highest BCUT2D eigenvalue weighted by atomic mass is 32.2. The van der Waals surface area contributed by atoms with Crippen molar-refractivity contribution in [1.29, 1.82) is 0 Å². The van der Waals surface area contributed by atoms with Crippen molar-refractivity contribution in [3.05, 3.63) is 0 Å². The van der Waals surface area contributed by atoms with E-state index in [1.807, 2.05) is 0 Å². The Morgan fingerprint density at radius 3 is 2.17 bits per heavy atom. The minimum Gasteiger partial charge on any atom is -0.320 e. The molecule has 0 aromatic rings. The monoisotopic (exact) mass is 205 g/mol. The Kier molecular flexibility index (Phi) is 4.54. The van der Waals surface area contributed by atoms with Crippen LogP contribution in [0.3, 0.4) is 0 Å². The van der Waals surface area contributed by atoms with Crippen LogP contribution in [0.25, 0.3) is 0 Å². The lowest BCUT2D eigenvalue weighted by Crippen LogP contribution is -2.37. The molecular formula is C5H10F3NO2S. The topological polar surface area (TPSA) is 60.2 Å². The van der Waals surface area contributed by atoms with Crippen molar-refractivity contribution < 1.29 is 21.6 Å². The number of alkyl halides is 3. The van der Waals surface area contributed by atoms with Crippen LogP contribution in [0.5, 0.6) is 0 Å². The zero-order valence-electron chi connectivity index (χ0n) is 6.17. The van der Waals surface area contributed by atoms with Gasteiger partial charge in [-0.15, -0.1) is 0 Å². The number of nitrogens with two attached hydrogens (primary N) is 1. The van der Waals surface area contributed by atoms with Gasteiger partial charge in [0.1, 0.15) is 16.7 Å². The van der Waals surface area contributed by atoms with E-state index in [1.54, 1.807) is 0 Å². The van der Waals surface area contributed by atoms with Crippen molar-refractivity contribution >= 4 is 10.7 Å². The van der Waals surface area contributed by atoms with Crippen LogP contribution >= 0.6 is 0 Å². The average molecular weight is 205 g/mol. The molecule has 7 heteroatoms. The predicted octanol–water partition coefficient (Wildman–Crippen LogP) is 0.268. The van der Waals surface area contributed by atoms with E-state index in [9.17, 15) is 21.6 Å². The molecule has 0 aliphatic carbocycles. The van der Waals surface area contributed by atoms with E-state index in [0.29, 0.717) is 0 Å². The van der Waals surface area contributed by atoms with Crippen molar-refractivity contribution in [1.82, 2.24) is 0 Å². The van der Waals surface area contributed by atoms with E-state index in [1.165, 1.54) is 0 Å². The number of rotatable bonds is 4. The Bertz CT molecular complexity index is 193. The van der Waals surface area contributed by atoms with Gasteiger partial charge in [-0.2, -0.15) is 13.2 Å². The van der Waals surface area contributed by atoms with Crippen LogP contribution in [0.15, 0.2) is 0 Å². The molecule has 1 atom stereocenters. The summed E-state index contributed by atoms with van der Waals surface area (Å²) in [5, 5.41) is 0. The third-order valence-corrected chi connectivity index (χ3v) is 1.96. The molecule has 0 spiro atoms. The summed E-state index contributed by atoms with van der Waals surface area (Å²) < 4.78 is 55.0. The van der Waals surface area contributed by atoms with Gasteiger partial charge in [0.2, 0.25) is 0 Å². The second-order valence-corrected chi connectivity index (χ2v) is 3.46. The van der Waals surface area contributed by atoms with Crippen LogP contribution in [-0.4, -0.2) is 26.4 Å². The van der Waals surface area contributed by atoms with Crippen LogP contribution in [-0.2, 0) is 10.7 Å². The molecule has 3 nitrogen and oxygen atoms in total. The maximum atomic E-state index is 11.7. The van der Waals surface area contributed by atoms with Gasteiger partial charge in [-0.3, -0.25) is 0 Å². The summed E-state index contributed by atoms with van der Waals surface area (Å²) in [7, 11) is -2.59. The van der Waals surface area contributed by atoms with Gasteiger partial charge >= 0.3 is 6.18 Å². The van der Waals surface area contributed by atoms with Crippen LogP contribution < -0.4 is 5.73 Å². The fourth-order valence-corrected chi connectivity index (χ4v) is 1.04. The van der Waals surface area contributed by atoms with E-state index < -0.39 is 22.9 Å². The standard InChI is InChI=1S/C5H10F3NO2S/c6-5(7,8)4(9)2-1-3-12(10)11/h4,12H,1-3,9H2. The van der Waals surface area contributed by atoms with Crippen LogP contribution in [0.4, 0.5) is 13.2 Å². The van der Waals surface area contributed by atoms with Gasteiger partial charge in [0.15, 0.2) is 0 Å². The van der Waals surface area contributed by atoms with Crippen LogP contribution in [0.2, 0.25) is 0 Å². The first kappa shape index (κ1) is 11.7. The number of halogens is 3. The molecule has 1 unspecified atom stereocenters. The fraction of sp³-hybridized carbons (Fsp3) is 1.00. The minimum atomic E-state index is -4.42. The van der Waals surface area contributed by atoms with Gasteiger partial charge in [0.25, 0.3) is 0 Å². The lowest BCUT2D eigenvalue weighted by molar-refractivity contribution is -0.148. The fourth-order valence-electron chi connectivity index (χ4n) is 0.604. The lowest BCUT2D eigenvalue weighted by atomic mass is 10.2. The maximum Gasteiger partial charge on any atom is 0.403 e. The smallest absolute Gasteiger partial charge is 0.320 e. The Labute approximate surface area is 69.7 Å². The molecule has 0 aliphatic rings. The zero-order chi connectivity index (χ0) is 9.78. The Hall–Kier alpha value is -0.300. The van der Waals surface area contributed by atoms with E-state index in [0.717, 1.165) is 0 Å². The average Bonchev–Trinajstić information content (AvgIpc) is 1.84. The highest BCUT2D eigenvalue weighted by Crippen LogP contribution is 2.21. The molecular weight excluding hydrogens is 195 g/mol. The highest BCUT2D eigenvalue weighted by molar-refractivity contribution is 7.72. The second-order valence-electron chi connectivity index (χ2n) is 2.35. The Morgan fingerprint density at radius 1 is 1.33 bits per heavy atom. The molecule has 2 N–H and O–H groups in total. The van der Waals surface area contributed by atoms with Crippen molar-refractivity contribution in [3.63, 3.8) is 0 Å². The van der Waals surface area contributed by atoms with E-state index in [2.05, 4.69) is 0 Å². The van der Waals surface area contributed by atoms with E-state index in [-0.39, 0.29) is 18.6 Å². The van der Waals surface area contributed by atoms with E-state index >= 15 is 0 Å². The Balaban J connectivity index is 3.65. The number of hydrogen-bond donors (Lipinski definition) is 2. The normalized spacial score (nSPS) is 15.1. The number of thiol groups is 1. The van der Waals surface area contributed by atoms with Gasteiger partial charge in [-0.25, -0.2) is 8.42 Å².